The summed E-state index contributed by atoms with van der Waals surface area (Å²) in [6.45, 7) is 14.0. The zero-order valence-corrected chi connectivity index (χ0v) is 33.1. The van der Waals surface area contributed by atoms with Crippen LogP contribution in [0.1, 0.15) is 87.6 Å². The minimum absolute atomic E-state index is 0.125. The summed E-state index contributed by atoms with van der Waals surface area (Å²) in [6.07, 6.45) is -4.38. The molecule has 2 saturated carbocycles. The largest absolute Gasteiger partial charge is 0.462 e. The molecule has 3 aliphatic carbocycles. The highest BCUT2D eigenvalue weighted by atomic mass is 16.6. The van der Waals surface area contributed by atoms with E-state index in [1.165, 1.54) is 47.6 Å². The van der Waals surface area contributed by atoms with Gasteiger partial charge in [-0.15, -0.1) is 0 Å². The van der Waals surface area contributed by atoms with E-state index >= 15 is 0 Å². The van der Waals surface area contributed by atoms with Gasteiger partial charge < -0.3 is 33.2 Å². The third-order valence-corrected chi connectivity index (χ3v) is 11.2. The third kappa shape index (κ3) is 9.45. The molecule has 0 aliphatic heterocycles. The van der Waals surface area contributed by atoms with Crippen LogP contribution in [0.2, 0.25) is 0 Å². The standard InChI is InChI=1S/C41H52O14/c1-21-31(50-22(2)42)18-30-37(53-25(5)45)36-29(20-49-34(48)17-16-28-14-12-11-13-15-28)32(51-23(3)43)19-33(52-24(4)44)41(36,10)39(55-27(7)47)38(54-26(6)46)35(21)40(30,8)9/h11-17,29-33,36-39H,18-20H2,1-10H3/t29-,30-,31+,32-,33+,36-,37-,38-,39+,41-/m0/s1. The maximum Gasteiger partial charge on any atom is 0.330 e. The number of hydrogen-bond acceptors (Lipinski definition) is 14. The Morgan fingerprint density at radius 2 is 1.27 bits per heavy atom. The van der Waals surface area contributed by atoms with Crippen LogP contribution in [-0.4, -0.2) is 85.0 Å². The van der Waals surface area contributed by atoms with Crippen molar-refractivity contribution in [1.82, 2.24) is 0 Å². The molecule has 0 unspecified atom stereocenters. The predicted octanol–water partition coefficient (Wildman–Crippen LogP) is 4.85. The van der Waals surface area contributed by atoms with Crippen LogP contribution in [0.25, 0.3) is 6.08 Å². The highest BCUT2D eigenvalue weighted by molar-refractivity contribution is 5.87. The van der Waals surface area contributed by atoms with Crippen LogP contribution in [0.5, 0.6) is 0 Å². The minimum atomic E-state index is -1.60. The molecule has 0 heterocycles. The summed E-state index contributed by atoms with van der Waals surface area (Å²) in [5.74, 6) is -7.73. The monoisotopic (exact) mass is 768 g/mol. The maximum absolute atomic E-state index is 13.3. The average Bonchev–Trinajstić information content (AvgIpc) is 3.06. The fraction of sp³-hybridized carbons (Fsp3) is 0.585. The van der Waals surface area contributed by atoms with E-state index in [0.29, 0.717) is 11.1 Å². The molecule has 10 atom stereocenters. The summed E-state index contributed by atoms with van der Waals surface area (Å²) in [7, 11) is 0. The first-order valence-corrected chi connectivity index (χ1v) is 18.3. The second-order valence-corrected chi connectivity index (χ2v) is 15.3. The van der Waals surface area contributed by atoms with Crippen molar-refractivity contribution in [2.45, 2.75) is 119 Å². The van der Waals surface area contributed by atoms with Crippen LogP contribution in [-0.2, 0) is 66.7 Å². The normalized spacial score (nSPS) is 31.1. The Morgan fingerprint density at radius 3 is 1.82 bits per heavy atom. The Labute approximate surface area is 321 Å². The van der Waals surface area contributed by atoms with E-state index in [1.54, 1.807) is 32.1 Å². The lowest BCUT2D eigenvalue weighted by Crippen LogP contribution is -2.70. The molecular weight excluding hydrogens is 716 g/mol. The lowest BCUT2D eigenvalue weighted by atomic mass is 9.47. The number of esters is 7. The number of carbonyl (C=O) groups excluding carboxylic acids is 7. The van der Waals surface area contributed by atoms with Gasteiger partial charge in [-0.05, 0) is 41.5 Å². The van der Waals surface area contributed by atoms with Gasteiger partial charge in [0.2, 0.25) is 0 Å². The molecule has 1 aromatic rings. The van der Waals surface area contributed by atoms with Gasteiger partial charge in [-0.2, -0.15) is 0 Å². The van der Waals surface area contributed by atoms with Crippen LogP contribution in [0.3, 0.4) is 0 Å². The molecule has 4 rings (SSSR count). The SMILES string of the molecule is CC(=O)O[C@@H]1[C@@H]2[C@@H](COC(=O)C=Cc3ccccc3)[C@@H](OC(C)=O)C[C@@H](OC(C)=O)[C@]2(C)[C@H](OC(C)=O)[C@@H](OC(C)=O)C2=C(C)[C@H](OC(C)=O)C[C@@H]1C2(C)C. The molecule has 14 nitrogen and oxygen atoms in total. The second kappa shape index (κ2) is 17.2. The zero-order chi connectivity index (χ0) is 41.0. The van der Waals surface area contributed by atoms with E-state index in [2.05, 4.69) is 0 Å². The summed E-state index contributed by atoms with van der Waals surface area (Å²) >= 11 is 0. The quantitative estimate of drug-likeness (QED) is 0.136. The maximum atomic E-state index is 13.3. The molecule has 0 N–H and O–H groups in total. The first-order valence-electron chi connectivity index (χ1n) is 18.3. The van der Waals surface area contributed by atoms with E-state index in [4.69, 9.17) is 33.2 Å². The van der Waals surface area contributed by atoms with Gasteiger partial charge in [0, 0.05) is 71.8 Å². The summed E-state index contributed by atoms with van der Waals surface area (Å²) in [4.78, 5) is 90.9. The molecule has 1 aromatic carbocycles. The highest BCUT2D eigenvalue weighted by Crippen LogP contribution is 2.62. The van der Waals surface area contributed by atoms with Gasteiger partial charge in [-0.3, -0.25) is 28.8 Å². The Hall–Kier alpha value is -5.01. The van der Waals surface area contributed by atoms with E-state index < -0.39 is 114 Å². The van der Waals surface area contributed by atoms with Crippen molar-refractivity contribution in [2.24, 2.45) is 28.6 Å². The Morgan fingerprint density at radius 1 is 0.709 bits per heavy atom. The van der Waals surface area contributed by atoms with Crippen LogP contribution < -0.4 is 0 Å². The van der Waals surface area contributed by atoms with Gasteiger partial charge in [-0.25, -0.2) is 4.79 Å². The molecule has 2 bridgehead atoms. The van der Waals surface area contributed by atoms with Gasteiger partial charge in [0.05, 0.1) is 12.0 Å². The highest BCUT2D eigenvalue weighted by Gasteiger charge is 2.69. The number of carbonyl (C=O) groups is 7. The fourth-order valence-corrected chi connectivity index (χ4v) is 9.21. The van der Waals surface area contributed by atoms with Crippen molar-refractivity contribution in [3.05, 3.63) is 53.1 Å². The van der Waals surface area contributed by atoms with Crippen LogP contribution >= 0.6 is 0 Å². The van der Waals surface area contributed by atoms with Crippen molar-refractivity contribution in [3.8, 4) is 0 Å². The smallest absolute Gasteiger partial charge is 0.330 e. The topological polar surface area (TPSA) is 184 Å². The number of fused-ring (bicyclic) bond motifs is 3. The van der Waals surface area contributed by atoms with E-state index in [-0.39, 0.29) is 12.8 Å². The number of rotatable bonds is 10. The van der Waals surface area contributed by atoms with Crippen molar-refractivity contribution in [1.29, 1.82) is 0 Å². The summed E-state index contributed by atoms with van der Waals surface area (Å²) in [5.41, 5.74) is -0.878. The van der Waals surface area contributed by atoms with Crippen molar-refractivity contribution < 1.29 is 66.7 Å². The van der Waals surface area contributed by atoms with Crippen molar-refractivity contribution in [2.75, 3.05) is 6.61 Å². The Kier molecular flexibility index (Phi) is 13.4. The van der Waals surface area contributed by atoms with Crippen molar-refractivity contribution in [3.63, 3.8) is 0 Å². The van der Waals surface area contributed by atoms with Crippen LogP contribution in [0.15, 0.2) is 47.6 Å². The third-order valence-electron chi connectivity index (χ3n) is 11.2. The molecular formula is C41H52O14. The van der Waals surface area contributed by atoms with Gasteiger partial charge >= 0.3 is 41.8 Å². The average molecular weight is 769 g/mol. The number of benzene rings is 1. The van der Waals surface area contributed by atoms with E-state index in [0.717, 1.165) is 5.56 Å². The Bertz CT molecular complexity index is 1730. The molecule has 0 spiro atoms. The lowest BCUT2D eigenvalue weighted by molar-refractivity contribution is -0.259. The van der Waals surface area contributed by atoms with E-state index in [9.17, 15) is 33.6 Å². The van der Waals surface area contributed by atoms with Gasteiger partial charge in [0.25, 0.3) is 0 Å². The van der Waals surface area contributed by atoms with Gasteiger partial charge in [-0.1, -0.05) is 51.1 Å². The Balaban J connectivity index is 2.08. The molecule has 0 aromatic heterocycles. The molecule has 3 aliphatic rings. The second-order valence-electron chi connectivity index (χ2n) is 15.3. The summed E-state index contributed by atoms with van der Waals surface area (Å²) in [5, 5.41) is 0. The minimum Gasteiger partial charge on any atom is -0.462 e. The summed E-state index contributed by atoms with van der Waals surface area (Å²) < 4.78 is 42.2. The summed E-state index contributed by atoms with van der Waals surface area (Å²) in [6, 6.07) is 9.05. The van der Waals surface area contributed by atoms with Gasteiger partial charge in [0.15, 0.2) is 12.2 Å². The van der Waals surface area contributed by atoms with Crippen molar-refractivity contribution >= 4 is 47.9 Å². The fourth-order valence-electron chi connectivity index (χ4n) is 9.21. The predicted molar refractivity (Wildman–Crippen MR) is 194 cm³/mol. The molecule has 2 fully saturated rings. The number of ether oxygens (including phenoxy) is 7. The molecule has 0 radical (unpaired) electrons. The molecule has 0 saturated heterocycles. The molecule has 300 valence electrons. The van der Waals surface area contributed by atoms with Gasteiger partial charge in [0.1, 0.15) is 24.4 Å². The van der Waals surface area contributed by atoms with E-state index in [1.807, 2.05) is 32.0 Å². The first kappa shape index (κ1) is 42.7. The van der Waals surface area contributed by atoms with Crippen LogP contribution in [0.4, 0.5) is 0 Å². The van der Waals surface area contributed by atoms with Crippen LogP contribution in [0, 0.1) is 28.6 Å². The molecule has 55 heavy (non-hydrogen) atoms. The molecule has 14 heteroatoms. The number of hydrogen-bond donors (Lipinski definition) is 0. The lowest BCUT2D eigenvalue weighted by Gasteiger charge is -2.62. The first-order chi connectivity index (χ1) is 25.7. The zero-order valence-electron chi connectivity index (χ0n) is 33.1. The molecule has 0 amide bonds.